The Bertz CT molecular complexity index is 800. The Morgan fingerprint density at radius 2 is 2.30 bits per heavy atom. The number of benzene rings is 1. The zero-order valence-corrected chi connectivity index (χ0v) is 13.5. The van der Waals surface area contributed by atoms with Crippen molar-refractivity contribution in [1.82, 2.24) is 9.97 Å². The molecule has 0 unspecified atom stereocenters. The van der Waals surface area contributed by atoms with E-state index in [2.05, 4.69) is 20.6 Å². The van der Waals surface area contributed by atoms with Gasteiger partial charge in [0, 0.05) is 5.69 Å². The van der Waals surface area contributed by atoms with E-state index in [1.54, 1.807) is 24.5 Å². The number of anilines is 2. The molecule has 1 aliphatic rings. The predicted octanol–water partition coefficient (Wildman–Crippen LogP) is 2.44. The lowest BCUT2D eigenvalue weighted by molar-refractivity contribution is -0.118. The number of nitrogens with zero attached hydrogens (tertiary/aromatic N) is 2. The Hall–Kier alpha value is -2.32. The van der Waals surface area contributed by atoms with Crippen LogP contribution in [0.2, 0.25) is 5.02 Å². The number of hydrogen-bond acceptors (Lipinski definition) is 6. The standard InChI is InChI=1S/C14H11ClN4O3S/c1-23-14-16-5-8(15)12(19-14)13(21)17-7-2-3-10-9(4-7)18-11(20)6-22-10/h2-5H,6H2,1H3,(H,17,21)(H,18,20). The van der Waals surface area contributed by atoms with Crippen molar-refractivity contribution in [2.75, 3.05) is 23.5 Å². The number of fused-ring (bicyclic) bond motifs is 1. The number of halogens is 1. The average Bonchev–Trinajstić information content (AvgIpc) is 2.54. The number of nitrogens with one attached hydrogen (secondary N) is 2. The van der Waals surface area contributed by atoms with Crippen LogP contribution in [0.1, 0.15) is 10.5 Å². The zero-order valence-electron chi connectivity index (χ0n) is 11.9. The van der Waals surface area contributed by atoms with Crippen LogP contribution in [0.15, 0.2) is 29.6 Å². The highest BCUT2D eigenvalue weighted by molar-refractivity contribution is 7.98. The molecule has 0 bridgehead atoms. The topological polar surface area (TPSA) is 93.2 Å². The van der Waals surface area contributed by atoms with E-state index in [9.17, 15) is 9.59 Å². The molecule has 2 N–H and O–H groups in total. The molecule has 0 atom stereocenters. The van der Waals surface area contributed by atoms with Crippen molar-refractivity contribution in [2.24, 2.45) is 0 Å². The Balaban J connectivity index is 1.83. The zero-order chi connectivity index (χ0) is 16.4. The maximum Gasteiger partial charge on any atom is 0.275 e. The summed E-state index contributed by atoms with van der Waals surface area (Å²) in [6.07, 6.45) is 3.19. The molecule has 0 radical (unpaired) electrons. The number of carbonyl (C=O) groups is 2. The van der Waals surface area contributed by atoms with Crippen molar-refractivity contribution in [3.05, 3.63) is 35.1 Å². The molecule has 0 saturated carbocycles. The Kier molecular flexibility index (Phi) is 4.35. The van der Waals surface area contributed by atoms with Crippen LogP contribution in [0.25, 0.3) is 0 Å². The average molecular weight is 351 g/mol. The molecule has 23 heavy (non-hydrogen) atoms. The third-order valence-electron chi connectivity index (χ3n) is 2.99. The van der Waals surface area contributed by atoms with Gasteiger partial charge in [0.1, 0.15) is 5.75 Å². The van der Waals surface area contributed by atoms with Gasteiger partial charge in [-0.25, -0.2) is 9.97 Å². The molecule has 1 aromatic heterocycles. The minimum atomic E-state index is -0.462. The van der Waals surface area contributed by atoms with Crippen LogP contribution in [-0.4, -0.2) is 34.6 Å². The maximum atomic E-state index is 12.3. The van der Waals surface area contributed by atoms with Gasteiger partial charge in [0.05, 0.1) is 16.9 Å². The highest BCUT2D eigenvalue weighted by atomic mass is 35.5. The fourth-order valence-corrected chi connectivity index (χ4v) is 2.48. The Morgan fingerprint density at radius 1 is 1.48 bits per heavy atom. The smallest absolute Gasteiger partial charge is 0.275 e. The minimum absolute atomic E-state index is 0.0211. The molecule has 0 aliphatic carbocycles. The van der Waals surface area contributed by atoms with Gasteiger partial charge in [-0.15, -0.1) is 0 Å². The van der Waals surface area contributed by atoms with Crippen molar-refractivity contribution >= 4 is 46.6 Å². The lowest BCUT2D eigenvalue weighted by Gasteiger charge is -2.18. The second-order valence-electron chi connectivity index (χ2n) is 4.56. The molecule has 2 amide bonds. The lowest BCUT2D eigenvalue weighted by atomic mass is 10.2. The fraction of sp³-hybridized carbons (Fsp3) is 0.143. The van der Waals surface area contributed by atoms with Gasteiger partial charge in [-0.1, -0.05) is 23.4 Å². The summed E-state index contributed by atoms with van der Waals surface area (Å²) >= 11 is 7.29. The quantitative estimate of drug-likeness (QED) is 0.652. The highest BCUT2D eigenvalue weighted by Crippen LogP contribution is 2.30. The lowest BCUT2D eigenvalue weighted by Crippen LogP contribution is -2.25. The van der Waals surface area contributed by atoms with Crippen LogP contribution in [0, 0.1) is 0 Å². The molecule has 2 heterocycles. The third-order valence-corrected chi connectivity index (χ3v) is 3.83. The molecule has 9 heteroatoms. The second kappa shape index (κ2) is 6.43. The van der Waals surface area contributed by atoms with Crippen molar-refractivity contribution in [3.63, 3.8) is 0 Å². The van der Waals surface area contributed by atoms with Crippen LogP contribution in [0.3, 0.4) is 0 Å². The van der Waals surface area contributed by atoms with Gasteiger partial charge < -0.3 is 15.4 Å². The summed E-state index contributed by atoms with van der Waals surface area (Å²) in [5.74, 6) is -0.160. The summed E-state index contributed by atoms with van der Waals surface area (Å²) in [7, 11) is 0. The van der Waals surface area contributed by atoms with E-state index in [-0.39, 0.29) is 23.2 Å². The van der Waals surface area contributed by atoms with Crippen LogP contribution in [0.5, 0.6) is 5.75 Å². The molecule has 1 aromatic carbocycles. The third kappa shape index (κ3) is 3.38. The summed E-state index contributed by atoms with van der Waals surface area (Å²) in [4.78, 5) is 31.7. The van der Waals surface area contributed by atoms with Gasteiger partial charge in [-0.3, -0.25) is 9.59 Å². The van der Waals surface area contributed by atoms with E-state index in [1.807, 2.05) is 0 Å². The first kappa shape index (κ1) is 15.6. The van der Waals surface area contributed by atoms with Crippen LogP contribution in [-0.2, 0) is 4.79 Å². The number of carbonyl (C=O) groups excluding carboxylic acids is 2. The van der Waals surface area contributed by atoms with Crippen molar-refractivity contribution in [3.8, 4) is 5.75 Å². The van der Waals surface area contributed by atoms with E-state index in [0.29, 0.717) is 22.3 Å². The van der Waals surface area contributed by atoms with Crippen LogP contribution >= 0.6 is 23.4 Å². The number of ether oxygens (including phenoxy) is 1. The van der Waals surface area contributed by atoms with E-state index >= 15 is 0 Å². The van der Waals surface area contributed by atoms with Crippen molar-refractivity contribution in [2.45, 2.75) is 5.16 Å². The molecule has 0 spiro atoms. The molecule has 0 fully saturated rings. The fourth-order valence-electron chi connectivity index (χ4n) is 1.96. The summed E-state index contributed by atoms with van der Waals surface area (Å²) in [5, 5.41) is 5.97. The van der Waals surface area contributed by atoms with E-state index < -0.39 is 5.91 Å². The Labute approximate surface area is 140 Å². The SMILES string of the molecule is CSc1ncc(Cl)c(C(=O)Nc2ccc3c(c2)NC(=O)CO3)n1. The summed E-state index contributed by atoms with van der Waals surface area (Å²) in [5.41, 5.74) is 1.07. The van der Waals surface area contributed by atoms with Gasteiger partial charge in [-0.2, -0.15) is 0 Å². The van der Waals surface area contributed by atoms with Gasteiger partial charge in [0.25, 0.3) is 11.8 Å². The van der Waals surface area contributed by atoms with Gasteiger partial charge in [0.15, 0.2) is 17.5 Å². The number of rotatable bonds is 3. The van der Waals surface area contributed by atoms with Gasteiger partial charge >= 0.3 is 0 Å². The van der Waals surface area contributed by atoms with Crippen molar-refractivity contribution < 1.29 is 14.3 Å². The number of amides is 2. The molecule has 118 valence electrons. The first-order chi connectivity index (χ1) is 11.1. The van der Waals surface area contributed by atoms with Crippen molar-refractivity contribution in [1.29, 1.82) is 0 Å². The number of hydrogen-bond donors (Lipinski definition) is 2. The molecular formula is C14H11ClN4O3S. The summed E-state index contributed by atoms with van der Waals surface area (Å²) in [6.45, 7) is -0.0211. The Morgan fingerprint density at radius 3 is 3.09 bits per heavy atom. The van der Waals surface area contributed by atoms with E-state index in [0.717, 1.165) is 0 Å². The summed E-state index contributed by atoms with van der Waals surface area (Å²) < 4.78 is 5.26. The predicted molar refractivity (Wildman–Crippen MR) is 87.3 cm³/mol. The number of thioether (sulfide) groups is 1. The molecule has 2 aromatic rings. The molecule has 0 saturated heterocycles. The van der Waals surface area contributed by atoms with E-state index in [1.165, 1.54) is 18.0 Å². The number of aromatic nitrogens is 2. The summed E-state index contributed by atoms with van der Waals surface area (Å²) in [6, 6.07) is 4.94. The van der Waals surface area contributed by atoms with Gasteiger partial charge in [0.2, 0.25) is 0 Å². The molecule has 7 nitrogen and oxygen atoms in total. The van der Waals surface area contributed by atoms with E-state index in [4.69, 9.17) is 16.3 Å². The maximum absolute atomic E-state index is 12.3. The monoisotopic (exact) mass is 350 g/mol. The van der Waals surface area contributed by atoms with Crippen LogP contribution < -0.4 is 15.4 Å². The second-order valence-corrected chi connectivity index (χ2v) is 5.74. The first-order valence-electron chi connectivity index (χ1n) is 6.51. The largest absolute Gasteiger partial charge is 0.482 e. The minimum Gasteiger partial charge on any atom is -0.482 e. The molecule has 3 rings (SSSR count). The molecule has 1 aliphatic heterocycles. The van der Waals surface area contributed by atoms with Gasteiger partial charge in [-0.05, 0) is 24.5 Å². The van der Waals surface area contributed by atoms with Crippen LogP contribution in [0.4, 0.5) is 11.4 Å². The highest BCUT2D eigenvalue weighted by Gasteiger charge is 2.18. The first-order valence-corrected chi connectivity index (χ1v) is 8.11. The normalized spacial score (nSPS) is 12.9. The molecular weight excluding hydrogens is 340 g/mol.